The molecule has 1 aliphatic rings. The van der Waals surface area contributed by atoms with Crippen LogP contribution in [0.2, 0.25) is 0 Å². The minimum atomic E-state index is -0.787. The lowest BCUT2D eigenvalue weighted by atomic mass is 9.84. The van der Waals surface area contributed by atoms with E-state index in [1.807, 2.05) is 6.07 Å². The van der Waals surface area contributed by atoms with Gasteiger partial charge in [0.15, 0.2) is 0 Å². The number of aromatic nitrogens is 2. The molecule has 6 nitrogen and oxygen atoms in total. The molecule has 19 heavy (non-hydrogen) atoms. The van der Waals surface area contributed by atoms with E-state index in [0.717, 1.165) is 19.3 Å². The Balaban J connectivity index is 2.17. The molecule has 0 radical (unpaired) electrons. The monoisotopic (exact) mass is 260 g/mol. The Morgan fingerprint density at radius 1 is 1.47 bits per heavy atom. The van der Waals surface area contributed by atoms with Gasteiger partial charge in [-0.3, -0.25) is 4.79 Å². The number of hydrogen-bond acceptors (Lipinski definition) is 5. The number of carboxylic acids is 1. The summed E-state index contributed by atoms with van der Waals surface area (Å²) in [7, 11) is 0. The molecule has 2 rings (SSSR count). The second-order valence-electron chi connectivity index (χ2n) is 4.81. The molecular weight excluding hydrogens is 244 g/mol. The Hall–Kier alpha value is -2.16. The molecule has 1 aliphatic carbocycles. The Kier molecular flexibility index (Phi) is 3.95. The molecule has 0 amide bonds. The van der Waals surface area contributed by atoms with Gasteiger partial charge in [-0.05, 0) is 25.8 Å². The van der Waals surface area contributed by atoms with Crippen LogP contribution in [-0.4, -0.2) is 27.1 Å². The average Bonchev–Trinajstić information content (AvgIpc) is 2.38. The van der Waals surface area contributed by atoms with Crippen LogP contribution in [-0.2, 0) is 4.79 Å². The summed E-state index contributed by atoms with van der Waals surface area (Å²) in [6.07, 6.45) is 3.39. The third-order valence-corrected chi connectivity index (χ3v) is 3.37. The predicted molar refractivity (Wildman–Crippen MR) is 68.5 cm³/mol. The summed E-state index contributed by atoms with van der Waals surface area (Å²) >= 11 is 0. The average molecular weight is 260 g/mol. The smallest absolute Gasteiger partial charge is 0.308 e. The molecule has 6 heteroatoms. The molecule has 0 spiro atoms. The van der Waals surface area contributed by atoms with Crippen molar-refractivity contribution < 1.29 is 9.90 Å². The predicted octanol–water partition coefficient (Wildman–Crippen LogP) is 1.71. The van der Waals surface area contributed by atoms with Gasteiger partial charge in [-0.25, -0.2) is 9.97 Å². The maximum absolute atomic E-state index is 11.2. The Labute approximate surface area is 111 Å². The fourth-order valence-electron chi connectivity index (χ4n) is 2.46. The summed E-state index contributed by atoms with van der Waals surface area (Å²) in [4.78, 5) is 19.5. The molecule has 100 valence electrons. The van der Waals surface area contributed by atoms with E-state index >= 15 is 0 Å². The molecule has 0 bridgehead atoms. The summed E-state index contributed by atoms with van der Waals surface area (Å²) in [5.41, 5.74) is 0.981. The minimum Gasteiger partial charge on any atom is -0.481 e. The Morgan fingerprint density at radius 3 is 2.89 bits per heavy atom. The normalized spacial score (nSPS) is 22.5. The van der Waals surface area contributed by atoms with Crippen LogP contribution >= 0.6 is 0 Å². The zero-order valence-electron chi connectivity index (χ0n) is 10.8. The largest absolute Gasteiger partial charge is 0.481 e. The quantitative estimate of drug-likeness (QED) is 0.858. The van der Waals surface area contributed by atoms with Crippen LogP contribution in [0.3, 0.4) is 0 Å². The number of nitriles is 1. The highest BCUT2D eigenvalue weighted by Crippen LogP contribution is 2.26. The van der Waals surface area contributed by atoms with Crippen LogP contribution in [0.4, 0.5) is 5.95 Å². The Morgan fingerprint density at radius 2 is 2.21 bits per heavy atom. The second kappa shape index (κ2) is 5.65. The summed E-state index contributed by atoms with van der Waals surface area (Å²) in [6, 6.07) is 3.40. The first kappa shape index (κ1) is 13.3. The number of carbonyl (C=O) groups is 1. The van der Waals surface area contributed by atoms with Gasteiger partial charge in [-0.15, -0.1) is 0 Å². The van der Waals surface area contributed by atoms with Crippen molar-refractivity contribution in [2.24, 2.45) is 5.92 Å². The molecule has 2 N–H and O–H groups in total. The lowest BCUT2D eigenvalue weighted by Gasteiger charge is -2.29. The van der Waals surface area contributed by atoms with Gasteiger partial charge in [-0.2, -0.15) is 5.26 Å². The van der Waals surface area contributed by atoms with Crippen molar-refractivity contribution >= 4 is 11.9 Å². The SMILES string of the molecule is Cc1cc(C#N)nc(NC2CCCCC2C(=O)O)n1. The first-order valence-corrected chi connectivity index (χ1v) is 6.35. The fraction of sp³-hybridized carbons (Fsp3) is 0.538. The number of rotatable bonds is 3. The third-order valence-electron chi connectivity index (χ3n) is 3.37. The molecule has 1 saturated carbocycles. The van der Waals surface area contributed by atoms with E-state index in [9.17, 15) is 9.90 Å². The van der Waals surface area contributed by atoms with Crippen LogP contribution in [0.5, 0.6) is 0 Å². The standard InChI is InChI=1S/C13H16N4O2/c1-8-6-9(7-14)16-13(15-8)17-11-5-3-2-4-10(11)12(18)19/h6,10-11H,2-5H2,1H3,(H,18,19)(H,15,16,17). The van der Waals surface area contributed by atoms with E-state index in [1.165, 1.54) is 0 Å². The molecule has 1 aromatic heterocycles. The summed E-state index contributed by atoms with van der Waals surface area (Å²) < 4.78 is 0. The molecule has 1 fully saturated rings. The van der Waals surface area contributed by atoms with Crippen LogP contribution < -0.4 is 5.32 Å². The molecular formula is C13H16N4O2. The number of nitrogens with zero attached hydrogens (tertiary/aromatic N) is 3. The van der Waals surface area contributed by atoms with Crippen molar-refractivity contribution in [3.05, 3.63) is 17.5 Å². The zero-order chi connectivity index (χ0) is 13.8. The van der Waals surface area contributed by atoms with E-state index in [0.29, 0.717) is 18.1 Å². The number of anilines is 1. The molecule has 2 atom stereocenters. The van der Waals surface area contributed by atoms with Gasteiger partial charge < -0.3 is 10.4 Å². The molecule has 0 saturated heterocycles. The minimum absolute atomic E-state index is 0.167. The number of nitrogens with one attached hydrogen (secondary N) is 1. The van der Waals surface area contributed by atoms with Crippen LogP contribution in [0.15, 0.2) is 6.07 Å². The van der Waals surface area contributed by atoms with E-state index in [-0.39, 0.29) is 11.7 Å². The first-order chi connectivity index (χ1) is 9.10. The third kappa shape index (κ3) is 3.19. The van der Waals surface area contributed by atoms with Crippen molar-refractivity contribution in [1.29, 1.82) is 5.26 Å². The van der Waals surface area contributed by atoms with Crippen molar-refractivity contribution in [3.63, 3.8) is 0 Å². The van der Waals surface area contributed by atoms with Crippen molar-refractivity contribution in [1.82, 2.24) is 9.97 Å². The highest BCUT2D eigenvalue weighted by Gasteiger charge is 2.31. The van der Waals surface area contributed by atoms with Crippen LogP contribution in [0, 0.1) is 24.2 Å². The molecule has 1 heterocycles. The van der Waals surface area contributed by atoms with Gasteiger partial charge in [0.05, 0.1) is 5.92 Å². The maximum Gasteiger partial charge on any atom is 0.308 e. The zero-order valence-corrected chi connectivity index (χ0v) is 10.8. The molecule has 2 unspecified atom stereocenters. The second-order valence-corrected chi connectivity index (χ2v) is 4.81. The highest BCUT2D eigenvalue weighted by atomic mass is 16.4. The van der Waals surface area contributed by atoms with Gasteiger partial charge in [0.1, 0.15) is 11.8 Å². The van der Waals surface area contributed by atoms with E-state index in [2.05, 4.69) is 15.3 Å². The maximum atomic E-state index is 11.2. The summed E-state index contributed by atoms with van der Waals surface area (Å²) in [5.74, 6) is -0.858. The number of hydrogen-bond donors (Lipinski definition) is 2. The van der Waals surface area contributed by atoms with E-state index in [1.54, 1.807) is 13.0 Å². The van der Waals surface area contributed by atoms with Gasteiger partial charge in [0.2, 0.25) is 5.95 Å². The van der Waals surface area contributed by atoms with Gasteiger partial charge in [0.25, 0.3) is 0 Å². The Bertz CT molecular complexity index is 524. The summed E-state index contributed by atoms with van der Waals surface area (Å²) in [5, 5.41) is 21.2. The summed E-state index contributed by atoms with van der Waals surface area (Å²) in [6.45, 7) is 1.78. The molecule has 1 aromatic rings. The van der Waals surface area contributed by atoms with E-state index in [4.69, 9.17) is 5.26 Å². The van der Waals surface area contributed by atoms with E-state index < -0.39 is 11.9 Å². The van der Waals surface area contributed by atoms with Crippen LogP contribution in [0.1, 0.15) is 37.1 Å². The number of aryl methyl sites for hydroxylation is 1. The van der Waals surface area contributed by atoms with Gasteiger partial charge in [0, 0.05) is 11.7 Å². The lowest BCUT2D eigenvalue weighted by Crippen LogP contribution is -2.37. The van der Waals surface area contributed by atoms with Gasteiger partial charge in [-0.1, -0.05) is 12.8 Å². The molecule has 0 aliphatic heterocycles. The number of aliphatic carboxylic acids is 1. The van der Waals surface area contributed by atoms with Gasteiger partial charge >= 0.3 is 5.97 Å². The molecule has 0 aromatic carbocycles. The van der Waals surface area contributed by atoms with Crippen molar-refractivity contribution in [2.45, 2.75) is 38.6 Å². The van der Waals surface area contributed by atoms with Crippen LogP contribution in [0.25, 0.3) is 0 Å². The first-order valence-electron chi connectivity index (χ1n) is 6.35. The highest BCUT2D eigenvalue weighted by molar-refractivity contribution is 5.71. The fourth-order valence-corrected chi connectivity index (χ4v) is 2.46. The lowest BCUT2D eigenvalue weighted by molar-refractivity contribution is -0.143. The topological polar surface area (TPSA) is 98.9 Å². The van der Waals surface area contributed by atoms with Crippen molar-refractivity contribution in [2.75, 3.05) is 5.32 Å². The van der Waals surface area contributed by atoms with Crippen molar-refractivity contribution in [3.8, 4) is 6.07 Å². The number of carboxylic acid groups (broad SMARTS) is 1.